The first-order valence-electron chi connectivity index (χ1n) is 12.6. The molecule has 1 N–H and O–H groups in total. The lowest BCUT2D eigenvalue weighted by molar-refractivity contribution is -0.121. The number of ether oxygens (including phenoxy) is 2. The Morgan fingerprint density at radius 1 is 1.11 bits per heavy atom. The molecule has 1 amide bonds. The van der Waals surface area contributed by atoms with Gasteiger partial charge in [0.15, 0.2) is 11.5 Å². The molecule has 3 heterocycles. The van der Waals surface area contributed by atoms with Crippen molar-refractivity contribution in [2.45, 2.75) is 64.5 Å². The van der Waals surface area contributed by atoms with Crippen LogP contribution in [-0.4, -0.2) is 52.2 Å². The second-order valence-electron chi connectivity index (χ2n) is 9.44. The Morgan fingerprint density at radius 3 is 2.67 bits per heavy atom. The van der Waals surface area contributed by atoms with Gasteiger partial charge >= 0.3 is 0 Å². The Labute approximate surface area is 212 Å². The van der Waals surface area contributed by atoms with Crippen LogP contribution in [0.2, 0.25) is 0 Å². The molecular formula is C27H36N6O3. The highest BCUT2D eigenvalue weighted by molar-refractivity contribution is 5.77. The molecular weight excluding hydrogens is 456 g/mol. The molecule has 3 aromatic rings. The molecule has 9 nitrogen and oxygen atoms in total. The summed E-state index contributed by atoms with van der Waals surface area (Å²) in [6.45, 7) is 5.56. The summed E-state index contributed by atoms with van der Waals surface area (Å²) in [5, 5.41) is 3.08. The number of hydrogen-bond donors (Lipinski definition) is 1. The maximum atomic E-state index is 13.0. The Bertz CT molecular complexity index is 1150. The van der Waals surface area contributed by atoms with Gasteiger partial charge in [-0.1, -0.05) is 32.8 Å². The zero-order chi connectivity index (χ0) is 25.5. The van der Waals surface area contributed by atoms with Crippen molar-refractivity contribution >= 4 is 11.7 Å². The normalized spacial score (nSPS) is 16.0. The number of benzene rings is 1. The number of nitrogens with zero attached hydrogens (tertiary/aromatic N) is 5. The van der Waals surface area contributed by atoms with E-state index in [1.54, 1.807) is 26.7 Å². The fraction of sp³-hybridized carbons (Fsp3) is 0.481. The van der Waals surface area contributed by atoms with Crippen LogP contribution in [0.3, 0.4) is 0 Å². The molecule has 1 aliphatic rings. The highest BCUT2D eigenvalue weighted by Crippen LogP contribution is 2.29. The highest BCUT2D eigenvalue weighted by Gasteiger charge is 2.26. The molecule has 36 heavy (non-hydrogen) atoms. The molecule has 1 fully saturated rings. The lowest BCUT2D eigenvalue weighted by atomic mass is 10.1. The average Bonchev–Trinajstić information content (AvgIpc) is 3.34. The second-order valence-corrected chi connectivity index (χ2v) is 9.44. The van der Waals surface area contributed by atoms with E-state index in [1.807, 2.05) is 29.0 Å². The van der Waals surface area contributed by atoms with Crippen LogP contribution in [0.5, 0.6) is 11.5 Å². The molecule has 1 aliphatic heterocycles. The molecule has 9 heteroatoms. The van der Waals surface area contributed by atoms with Gasteiger partial charge in [-0.15, -0.1) is 0 Å². The van der Waals surface area contributed by atoms with Crippen molar-refractivity contribution < 1.29 is 14.3 Å². The van der Waals surface area contributed by atoms with Gasteiger partial charge in [0.2, 0.25) is 11.9 Å². The number of hydrogen-bond acceptors (Lipinski definition) is 7. The summed E-state index contributed by atoms with van der Waals surface area (Å²) in [6.07, 6.45) is 9.97. The number of methoxy groups -OCH3 is 2. The number of nitrogens with one attached hydrogen (secondary N) is 1. The van der Waals surface area contributed by atoms with E-state index < -0.39 is 0 Å². The molecule has 192 valence electrons. The van der Waals surface area contributed by atoms with Crippen LogP contribution in [0.1, 0.15) is 63.1 Å². The fourth-order valence-corrected chi connectivity index (χ4v) is 4.54. The Morgan fingerprint density at radius 2 is 1.94 bits per heavy atom. The number of rotatable bonds is 9. The van der Waals surface area contributed by atoms with E-state index in [0.29, 0.717) is 30.4 Å². The van der Waals surface area contributed by atoms with Crippen LogP contribution in [0, 0.1) is 0 Å². The number of anilines is 1. The van der Waals surface area contributed by atoms with Gasteiger partial charge in [0.05, 0.1) is 19.9 Å². The highest BCUT2D eigenvalue weighted by atomic mass is 16.5. The number of amides is 1. The third-order valence-electron chi connectivity index (χ3n) is 6.58. The van der Waals surface area contributed by atoms with E-state index in [9.17, 15) is 4.79 Å². The van der Waals surface area contributed by atoms with Crippen LogP contribution in [0.15, 0.2) is 43.0 Å². The summed E-state index contributed by atoms with van der Waals surface area (Å²) < 4.78 is 12.5. The molecule has 0 bridgehead atoms. The van der Waals surface area contributed by atoms with E-state index >= 15 is 0 Å². The summed E-state index contributed by atoms with van der Waals surface area (Å²) in [4.78, 5) is 29.1. The molecule has 2 aromatic heterocycles. The van der Waals surface area contributed by atoms with Crippen LogP contribution in [-0.2, 0) is 11.3 Å². The zero-order valence-electron chi connectivity index (χ0n) is 21.6. The lowest BCUT2D eigenvalue weighted by Gasteiger charge is -2.31. The van der Waals surface area contributed by atoms with E-state index in [2.05, 4.69) is 35.1 Å². The molecule has 4 rings (SSSR count). The molecule has 0 spiro atoms. The number of carbonyl (C=O) groups excluding carboxylic acids is 1. The first-order valence-corrected chi connectivity index (χ1v) is 12.6. The van der Waals surface area contributed by atoms with E-state index in [1.165, 1.54) is 0 Å². The Balaban J connectivity index is 1.51. The van der Waals surface area contributed by atoms with Gasteiger partial charge in [0.25, 0.3) is 0 Å². The average molecular weight is 493 g/mol. The Kier molecular flexibility index (Phi) is 8.40. The largest absolute Gasteiger partial charge is 0.493 e. The summed E-state index contributed by atoms with van der Waals surface area (Å²) in [7, 11) is 3.22. The molecule has 0 saturated carbocycles. The van der Waals surface area contributed by atoms with Gasteiger partial charge in [-0.05, 0) is 36.5 Å². The molecule has 0 aliphatic carbocycles. The molecule has 1 saturated heterocycles. The van der Waals surface area contributed by atoms with Crippen LogP contribution in [0.4, 0.5) is 5.82 Å². The molecule has 1 aromatic carbocycles. The van der Waals surface area contributed by atoms with Crippen molar-refractivity contribution in [3.8, 4) is 17.4 Å². The van der Waals surface area contributed by atoms with Crippen molar-refractivity contribution in [2.24, 2.45) is 0 Å². The van der Waals surface area contributed by atoms with Gasteiger partial charge in [0, 0.05) is 44.0 Å². The zero-order valence-corrected chi connectivity index (χ0v) is 21.6. The van der Waals surface area contributed by atoms with E-state index in [-0.39, 0.29) is 17.9 Å². The van der Waals surface area contributed by atoms with Gasteiger partial charge in [0.1, 0.15) is 12.1 Å². The molecule has 0 radical (unpaired) electrons. The summed E-state index contributed by atoms with van der Waals surface area (Å²) in [5.74, 6) is 3.07. The van der Waals surface area contributed by atoms with Gasteiger partial charge in [-0.3, -0.25) is 9.36 Å². The van der Waals surface area contributed by atoms with Crippen molar-refractivity contribution in [3.63, 3.8) is 0 Å². The minimum Gasteiger partial charge on any atom is -0.493 e. The van der Waals surface area contributed by atoms with Crippen molar-refractivity contribution in [1.82, 2.24) is 24.8 Å². The van der Waals surface area contributed by atoms with Gasteiger partial charge < -0.3 is 19.7 Å². The van der Waals surface area contributed by atoms with Crippen molar-refractivity contribution in [1.29, 1.82) is 0 Å². The van der Waals surface area contributed by atoms with Crippen molar-refractivity contribution in [2.75, 3.05) is 25.7 Å². The third kappa shape index (κ3) is 6.13. The van der Waals surface area contributed by atoms with Crippen LogP contribution >= 0.6 is 0 Å². The first-order chi connectivity index (χ1) is 17.5. The first kappa shape index (κ1) is 25.5. The summed E-state index contributed by atoms with van der Waals surface area (Å²) >= 11 is 0. The Hall–Kier alpha value is -3.62. The molecule has 1 atom stereocenters. The predicted molar refractivity (Wildman–Crippen MR) is 139 cm³/mol. The monoisotopic (exact) mass is 492 g/mol. The quantitative estimate of drug-likeness (QED) is 0.477. The topological polar surface area (TPSA) is 94.4 Å². The second kappa shape index (κ2) is 11.9. The van der Waals surface area contributed by atoms with Crippen molar-refractivity contribution in [3.05, 3.63) is 54.2 Å². The lowest BCUT2D eigenvalue weighted by Crippen LogP contribution is -2.40. The number of aromatic nitrogens is 4. The van der Waals surface area contributed by atoms with Crippen LogP contribution in [0.25, 0.3) is 5.95 Å². The number of carbonyl (C=O) groups is 1. The third-order valence-corrected chi connectivity index (χ3v) is 6.58. The smallest absolute Gasteiger partial charge is 0.237 e. The standard InChI is InChI=1S/C27H36N6O3/c1-19(2)22-16-25(31-27(30-22)32-13-11-28-18-32)33-12-7-5-6-8-21(33)15-26(34)29-17-20-9-10-23(35-3)24(14-20)36-4/h9-11,13-14,16,18-19,21H,5-8,12,15,17H2,1-4H3,(H,29,34). The summed E-state index contributed by atoms with van der Waals surface area (Å²) in [6, 6.07) is 7.83. The maximum absolute atomic E-state index is 13.0. The van der Waals surface area contributed by atoms with Crippen LogP contribution < -0.4 is 19.7 Å². The predicted octanol–water partition coefficient (Wildman–Crippen LogP) is 4.26. The van der Waals surface area contributed by atoms with E-state index in [0.717, 1.165) is 49.3 Å². The minimum atomic E-state index is 0.0228. The fourth-order valence-electron chi connectivity index (χ4n) is 4.54. The minimum absolute atomic E-state index is 0.0228. The SMILES string of the molecule is COc1ccc(CNC(=O)CC2CCCCCN2c2cc(C(C)C)nc(-n3ccnc3)n2)cc1OC. The van der Waals surface area contributed by atoms with Gasteiger partial charge in [-0.25, -0.2) is 9.97 Å². The van der Waals surface area contributed by atoms with Gasteiger partial charge in [-0.2, -0.15) is 4.98 Å². The maximum Gasteiger partial charge on any atom is 0.237 e. The number of imidazole rings is 1. The summed E-state index contributed by atoms with van der Waals surface area (Å²) in [5.41, 5.74) is 1.94. The molecule has 1 unspecified atom stereocenters. The van der Waals surface area contributed by atoms with E-state index in [4.69, 9.17) is 19.4 Å².